The van der Waals surface area contributed by atoms with Gasteiger partial charge in [-0.15, -0.1) is 0 Å². The van der Waals surface area contributed by atoms with E-state index in [1.807, 2.05) is 24.3 Å². The number of hydrogen-bond donors (Lipinski definition) is 1. The molecule has 0 amide bonds. The van der Waals surface area contributed by atoms with Crippen LogP contribution >= 0.6 is 47.8 Å². The van der Waals surface area contributed by atoms with Crippen molar-refractivity contribution in [3.8, 4) is 0 Å². The molecular formula is C16H15Br3FN. The number of nitrogens with one attached hydrogen (secondary N) is 1. The third-order valence-corrected chi connectivity index (χ3v) is 4.81. The third-order valence-electron chi connectivity index (χ3n) is 3.14. The zero-order valence-corrected chi connectivity index (χ0v) is 16.2. The van der Waals surface area contributed by atoms with E-state index in [2.05, 4.69) is 60.0 Å². The molecule has 0 saturated carbocycles. The Morgan fingerprint density at radius 1 is 1.00 bits per heavy atom. The van der Waals surface area contributed by atoms with Crippen molar-refractivity contribution in [3.63, 3.8) is 0 Å². The Kier molecular flexibility index (Phi) is 6.41. The van der Waals surface area contributed by atoms with Crippen LogP contribution in [0.15, 0.2) is 49.8 Å². The van der Waals surface area contributed by atoms with Crippen LogP contribution in [-0.4, -0.2) is 6.54 Å². The number of hydrogen-bond acceptors (Lipinski definition) is 1. The highest BCUT2D eigenvalue weighted by Gasteiger charge is 2.20. The van der Waals surface area contributed by atoms with Gasteiger partial charge in [0, 0.05) is 19.0 Å². The molecule has 1 nitrogen and oxygen atoms in total. The molecular weight excluding hydrogens is 465 g/mol. The predicted octanol–water partition coefficient (Wildman–Crippen LogP) is 6.20. The van der Waals surface area contributed by atoms with Crippen molar-refractivity contribution >= 4 is 47.8 Å². The van der Waals surface area contributed by atoms with Gasteiger partial charge in [-0.1, -0.05) is 60.8 Å². The van der Waals surface area contributed by atoms with Crippen LogP contribution < -0.4 is 5.32 Å². The quantitative estimate of drug-likeness (QED) is 0.538. The summed E-state index contributed by atoms with van der Waals surface area (Å²) in [5.74, 6) is -0.207. The van der Waals surface area contributed by atoms with E-state index in [0.717, 1.165) is 31.9 Å². The molecule has 21 heavy (non-hydrogen) atoms. The van der Waals surface area contributed by atoms with Crippen LogP contribution in [-0.2, 0) is 0 Å². The maximum Gasteiger partial charge on any atom is 0.128 e. The summed E-state index contributed by atoms with van der Waals surface area (Å²) >= 11 is 10.4. The summed E-state index contributed by atoms with van der Waals surface area (Å²) in [6, 6.07) is 10.8. The lowest BCUT2D eigenvalue weighted by molar-refractivity contribution is 0.545. The Morgan fingerprint density at radius 3 is 2.33 bits per heavy atom. The fourth-order valence-electron chi connectivity index (χ4n) is 2.15. The van der Waals surface area contributed by atoms with Crippen molar-refractivity contribution in [2.45, 2.75) is 19.4 Å². The average Bonchev–Trinajstić information content (AvgIpc) is 2.44. The zero-order chi connectivity index (χ0) is 15.4. The van der Waals surface area contributed by atoms with Gasteiger partial charge in [0.2, 0.25) is 0 Å². The third kappa shape index (κ3) is 4.38. The Morgan fingerprint density at radius 2 is 1.67 bits per heavy atom. The summed E-state index contributed by atoms with van der Waals surface area (Å²) in [4.78, 5) is 0. The molecule has 0 aliphatic rings. The molecule has 0 radical (unpaired) electrons. The summed E-state index contributed by atoms with van der Waals surface area (Å²) in [7, 11) is 0. The van der Waals surface area contributed by atoms with Crippen molar-refractivity contribution in [1.82, 2.24) is 5.32 Å². The van der Waals surface area contributed by atoms with E-state index >= 15 is 0 Å². The summed E-state index contributed by atoms with van der Waals surface area (Å²) in [5.41, 5.74) is 1.66. The zero-order valence-electron chi connectivity index (χ0n) is 11.5. The minimum atomic E-state index is -0.207. The molecule has 0 fully saturated rings. The Balaban J connectivity index is 2.49. The maximum absolute atomic E-state index is 14.3. The van der Waals surface area contributed by atoms with Gasteiger partial charge in [-0.3, -0.25) is 0 Å². The molecule has 1 N–H and O–H groups in total. The minimum Gasteiger partial charge on any atom is -0.306 e. The van der Waals surface area contributed by atoms with Gasteiger partial charge in [-0.2, -0.15) is 0 Å². The van der Waals surface area contributed by atoms with E-state index < -0.39 is 0 Å². The second-order valence-corrected chi connectivity index (χ2v) is 7.40. The number of rotatable bonds is 5. The van der Waals surface area contributed by atoms with Crippen LogP contribution in [0.1, 0.15) is 30.5 Å². The first kappa shape index (κ1) is 17.1. The summed E-state index contributed by atoms with van der Waals surface area (Å²) < 4.78 is 17.1. The molecule has 0 aliphatic heterocycles. The Hall–Kier alpha value is -0.230. The first-order valence-electron chi connectivity index (χ1n) is 6.66. The molecule has 112 valence electrons. The molecule has 0 aliphatic carbocycles. The smallest absolute Gasteiger partial charge is 0.128 e. The number of benzene rings is 2. The van der Waals surface area contributed by atoms with Crippen LogP contribution in [0.2, 0.25) is 0 Å². The molecule has 0 heterocycles. The SMILES string of the molecule is CCCNC(c1cc(Br)ccc1F)c1ccc(Br)cc1Br. The van der Waals surface area contributed by atoms with Gasteiger partial charge < -0.3 is 5.32 Å². The Labute approximate surface area is 149 Å². The highest BCUT2D eigenvalue weighted by Crippen LogP contribution is 2.33. The summed E-state index contributed by atoms with van der Waals surface area (Å²) in [5, 5.41) is 3.42. The van der Waals surface area contributed by atoms with Crippen LogP contribution in [0, 0.1) is 5.82 Å². The molecule has 0 bridgehead atoms. The molecule has 1 atom stereocenters. The lowest BCUT2D eigenvalue weighted by Crippen LogP contribution is -2.24. The molecule has 2 aromatic carbocycles. The van der Waals surface area contributed by atoms with Crippen LogP contribution in [0.5, 0.6) is 0 Å². The van der Waals surface area contributed by atoms with Crippen LogP contribution in [0.3, 0.4) is 0 Å². The summed E-state index contributed by atoms with van der Waals surface area (Å²) in [6.07, 6.45) is 0.986. The Bertz CT molecular complexity index is 631. The van der Waals surface area contributed by atoms with Gasteiger partial charge in [0.05, 0.1) is 6.04 Å². The molecule has 2 aromatic rings. The first-order valence-corrected chi connectivity index (χ1v) is 9.04. The molecule has 1 unspecified atom stereocenters. The van der Waals surface area contributed by atoms with Gasteiger partial charge in [0.25, 0.3) is 0 Å². The standard InChI is InChI=1S/C16H15Br3FN/c1-2-7-21-16(12-5-3-11(18)9-14(12)19)13-8-10(17)4-6-15(13)20/h3-6,8-9,16,21H,2,7H2,1H3. The van der Waals surface area contributed by atoms with Crippen molar-refractivity contribution in [2.24, 2.45) is 0 Å². The van der Waals surface area contributed by atoms with E-state index in [0.29, 0.717) is 5.56 Å². The van der Waals surface area contributed by atoms with Gasteiger partial charge in [-0.05, 0) is 48.9 Å². The van der Waals surface area contributed by atoms with Crippen molar-refractivity contribution in [1.29, 1.82) is 0 Å². The average molecular weight is 480 g/mol. The maximum atomic E-state index is 14.3. The van der Waals surface area contributed by atoms with Gasteiger partial charge >= 0.3 is 0 Å². The van der Waals surface area contributed by atoms with Gasteiger partial charge in [-0.25, -0.2) is 4.39 Å². The topological polar surface area (TPSA) is 12.0 Å². The first-order chi connectivity index (χ1) is 10.0. The van der Waals surface area contributed by atoms with Crippen LogP contribution in [0.25, 0.3) is 0 Å². The fourth-order valence-corrected chi connectivity index (χ4v) is 3.80. The lowest BCUT2D eigenvalue weighted by atomic mass is 9.98. The van der Waals surface area contributed by atoms with E-state index in [4.69, 9.17) is 0 Å². The van der Waals surface area contributed by atoms with E-state index in [-0.39, 0.29) is 11.9 Å². The largest absolute Gasteiger partial charge is 0.306 e. The molecule has 2 rings (SSSR count). The second kappa shape index (κ2) is 7.86. The lowest BCUT2D eigenvalue weighted by Gasteiger charge is -2.22. The number of halogens is 4. The molecule has 5 heteroatoms. The van der Waals surface area contributed by atoms with Crippen molar-refractivity contribution in [2.75, 3.05) is 6.54 Å². The predicted molar refractivity (Wildman–Crippen MR) is 96.1 cm³/mol. The minimum absolute atomic E-state index is 0.190. The van der Waals surface area contributed by atoms with E-state index in [1.165, 1.54) is 6.07 Å². The highest BCUT2D eigenvalue weighted by molar-refractivity contribution is 9.11. The van der Waals surface area contributed by atoms with E-state index in [1.54, 1.807) is 6.07 Å². The highest BCUT2D eigenvalue weighted by atomic mass is 79.9. The van der Waals surface area contributed by atoms with E-state index in [9.17, 15) is 4.39 Å². The fraction of sp³-hybridized carbons (Fsp3) is 0.250. The van der Waals surface area contributed by atoms with Crippen LogP contribution in [0.4, 0.5) is 4.39 Å². The van der Waals surface area contributed by atoms with Gasteiger partial charge in [0.15, 0.2) is 0 Å². The van der Waals surface area contributed by atoms with Crippen molar-refractivity contribution in [3.05, 3.63) is 66.8 Å². The molecule has 0 saturated heterocycles. The molecule has 0 aromatic heterocycles. The van der Waals surface area contributed by atoms with Crippen molar-refractivity contribution < 1.29 is 4.39 Å². The second-order valence-electron chi connectivity index (χ2n) is 4.72. The van der Waals surface area contributed by atoms with Gasteiger partial charge in [0.1, 0.15) is 5.82 Å². The molecule has 0 spiro atoms. The normalized spacial score (nSPS) is 12.4. The summed E-state index contributed by atoms with van der Waals surface area (Å²) in [6.45, 7) is 2.91. The monoisotopic (exact) mass is 477 g/mol.